The molecule has 2 N–H and O–H groups in total. The Morgan fingerprint density at radius 1 is 1.50 bits per heavy atom. The smallest absolute Gasteiger partial charge is 0.308 e. The first kappa shape index (κ1) is 11.5. The summed E-state index contributed by atoms with van der Waals surface area (Å²) in [6, 6.07) is 0.236. The lowest BCUT2D eigenvalue weighted by atomic mass is 9.79. The van der Waals surface area contributed by atoms with Gasteiger partial charge in [-0.05, 0) is 38.1 Å². The van der Waals surface area contributed by atoms with Crippen LogP contribution in [0.25, 0.3) is 0 Å². The van der Waals surface area contributed by atoms with Crippen LogP contribution in [-0.2, 0) is 4.79 Å². The normalized spacial score (nSPS) is 26.2. The summed E-state index contributed by atoms with van der Waals surface area (Å²) in [7, 11) is 0. The Hall–Kier alpha value is -0.570. The zero-order chi connectivity index (χ0) is 10.6. The summed E-state index contributed by atoms with van der Waals surface area (Å²) in [6.45, 7) is 5.39. The van der Waals surface area contributed by atoms with Gasteiger partial charge in [0.05, 0.1) is 5.92 Å². The SMILES string of the molecule is CC(C)CCCNC1CCC1C(=O)O. The molecule has 3 nitrogen and oxygen atoms in total. The third-order valence-corrected chi connectivity index (χ3v) is 2.96. The van der Waals surface area contributed by atoms with Gasteiger partial charge < -0.3 is 10.4 Å². The molecule has 1 rings (SSSR count). The number of carboxylic acids is 1. The van der Waals surface area contributed by atoms with E-state index in [9.17, 15) is 4.79 Å². The highest BCUT2D eigenvalue weighted by atomic mass is 16.4. The monoisotopic (exact) mass is 199 g/mol. The Kier molecular flexibility index (Phi) is 4.39. The second kappa shape index (κ2) is 5.35. The number of carbonyl (C=O) groups is 1. The third-order valence-electron chi connectivity index (χ3n) is 2.96. The second-order valence-corrected chi connectivity index (χ2v) is 4.62. The molecule has 82 valence electrons. The Balaban J connectivity index is 2.05. The van der Waals surface area contributed by atoms with Gasteiger partial charge in [0, 0.05) is 6.04 Å². The molecule has 0 radical (unpaired) electrons. The molecule has 1 saturated carbocycles. The van der Waals surface area contributed by atoms with Gasteiger partial charge in [-0.15, -0.1) is 0 Å². The van der Waals surface area contributed by atoms with Crippen LogP contribution in [0.15, 0.2) is 0 Å². The predicted molar refractivity (Wildman–Crippen MR) is 56.2 cm³/mol. The van der Waals surface area contributed by atoms with E-state index < -0.39 is 5.97 Å². The Bertz CT molecular complexity index is 192. The van der Waals surface area contributed by atoms with Gasteiger partial charge in [-0.3, -0.25) is 4.79 Å². The van der Waals surface area contributed by atoms with Crippen LogP contribution in [-0.4, -0.2) is 23.7 Å². The summed E-state index contributed by atoms with van der Waals surface area (Å²) in [4.78, 5) is 10.7. The molecule has 0 aromatic rings. The van der Waals surface area contributed by atoms with E-state index in [1.54, 1.807) is 0 Å². The maximum Gasteiger partial charge on any atom is 0.308 e. The first-order chi connectivity index (χ1) is 6.61. The molecule has 0 heterocycles. The maximum atomic E-state index is 10.7. The van der Waals surface area contributed by atoms with E-state index in [1.807, 2.05) is 0 Å². The van der Waals surface area contributed by atoms with Crippen molar-refractivity contribution in [2.75, 3.05) is 6.54 Å². The maximum absolute atomic E-state index is 10.7. The van der Waals surface area contributed by atoms with Crippen LogP contribution < -0.4 is 5.32 Å². The van der Waals surface area contributed by atoms with Gasteiger partial charge in [-0.2, -0.15) is 0 Å². The highest BCUT2D eigenvalue weighted by Crippen LogP contribution is 2.27. The van der Waals surface area contributed by atoms with Crippen molar-refractivity contribution in [3.05, 3.63) is 0 Å². The van der Waals surface area contributed by atoms with Crippen molar-refractivity contribution in [2.45, 2.75) is 45.6 Å². The van der Waals surface area contributed by atoms with Gasteiger partial charge in [-0.1, -0.05) is 13.8 Å². The number of nitrogens with one attached hydrogen (secondary N) is 1. The summed E-state index contributed by atoms with van der Waals surface area (Å²) in [5.41, 5.74) is 0. The van der Waals surface area contributed by atoms with E-state index in [0.717, 1.165) is 31.7 Å². The molecule has 1 aliphatic rings. The van der Waals surface area contributed by atoms with E-state index in [1.165, 1.54) is 6.42 Å². The van der Waals surface area contributed by atoms with E-state index in [0.29, 0.717) is 0 Å². The topological polar surface area (TPSA) is 49.3 Å². The van der Waals surface area contributed by atoms with Gasteiger partial charge in [0.15, 0.2) is 0 Å². The highest BCUT2D eigenvalue weighted by Gasteiger charge is 2.35. The zero-order valence-corrected chi connectivity index (χ0v) is 9.12. The minimum atomic E-state index is -0.641. The summed E-state index contributed by atoms with van der Waals surface area (Å²) < 4.78 is 0. The van der Waals surface area contributed by atoms with Crippen molar-refractivity contribution in [2.24, 2.45) is 11.8 Å². The molecule has 0 amide bonds. The number of hydrogen-bond donors (Lipinski definition) is 2. The summed E-state index contributed by atoms with van der Waals surface area (Å²) in [5, 5.41) is 12.1. The van der Waals surface area contributed by atoms with Crippen LogP contribution in [0.2, 0.25) is 0 Å². The standard InChI is InChI=1S/C11H21NO2/c1-8(2)4-3-7-12-10-6-5-9(10)11(13)14/h8-10,12H,3-7H2,1-2H3,(H,13,14). The van der Waals surface area contributed by atoms with Crippen LogP contribution in [0.5, 0.6) is 0 Å². The van der Waals surface area contributed by atoms with Gasteiger partial charge >= 0.3 is 5.97 Å². The van der Waals surface area contributed by atoms with Crippen LogP contribution in [0.3, 0.4) is 0 Å². The Morgan fingerprint density at radius 2 is 2.21 bits per heavy atom. The Labute approximate surface area is 85.9 Å². The van der Waals surface area contributed by atoms with Crippen molar-refractivity contribution in [3.8, 4) is 0 Å². The van der Waals surface area contributed by atoms with Gasteiger partial charge in [0.2, 0.25) is 0 Å². The molecule has 0 spiro atoms. The van der Waals surface area contributed by atoms with E-state index in [-0.39, 0.29) is 12.0 Å². The highest BCUT2D eigenvalue weighted by molar-refractivity contribution is 5.72. The van der Waals surface area contributed by atoms with E-state index >= 15 is 0 Å². The predicted octanol–water partition coefficient (Wildman–Crippen LogP) is 1.88. The molecule has 0 aliphatic heterocycles. The fourth-order valence-electron chi connectivity index (χ4n) is 1.84. The van der Waals surface area contributed by atoms with Crippen molar-refractivity contribution in [1.29, 1.82) is 0 Å². The van der Waals surface area contributed by atoms with E-state index in [4.69, 9.17) is 5.11 Å². The van der Waals surface area contributed by atoms with Crippen molar-refractivity contribution < 1.29 is 9.90 Å². The lowest BCUT2D eigenvalue weighted by Gasteiger charge is -2.34. The molecule has 1 fully saturated rings. The minimum Gasteiger partial charge on any atom is -0.481 e. The molecule has 2 atom stereocenters. The molecular weight excluding hydrogens is 178 g/mol. The summed E-state index contributed by atoms with van der Waals surface area (Å²) in [5.74, 6) is -0.0277. The fraction of sp³-hybridized carbons (Fsp3) is 0.909. The second-order valence-electron chi connectivity index (χ2n) is 4.62. The number of carboxylic acid groups (broad SMARTS) is 1. The molecule has 2 unspecified atom stereocenters. The first-order valence-electron chi connectivity index (χ1n) is 5.57. The fourth-order valence-corrected chi connectivity index (χ4v) is 1.84. The van der Waals surface area contributed by atoms with Crippen LogP contribution in [0, 0.1) is 11.8 Å². The number of rotatable bonds is 6. The van der Waals surface area contributed by atoms with Gasteiger partial charge in [0.1, 0.15) is 0 Å². The molecule has 0 bridgehead atoms. The molecule has 3 heteroatoms. The lowest BCUT2D eigenvalue weighted by molar-refractivity contribution is -0.146. The molecular formula is C11H21NO2. The van der Waals surface area contributed by atoms with Crippen molar-refractivity contribution in [3.63, 3.8) is 0 Å². The average molecular weight is 199 g/mol. The average Bonchev–Trinajstić information content (AvgIpc) is 1.99. The molecule has 0 saturated heterocycles. The molecule has 1 aliphatic carbocycles. The number of aliphatic carboxylic acids is 1. The van der Waals surface area contributed by atoms with Crippen LogP contribution >= 0.6 is 0 Å². The van der Waals surface area contributed by atoms with Gasteiger partial charge in [-0.25, -0.2) is 0 Å². The van der Waals surface area contributed by atoms with Crippen molar-refractivity contribution in [1.82, 2.24) is 5.32 Å². The third kappa shape index (κ3) is 3.29. The van der Waals surface area contributed by atoms with E-state index in [2.05, 4.69) is 19.2 Å². The molecule has 14 heavy (non-hydrogen) atoms. The van der Waals surface area contributed by atoms with Crippen molar-refractivity contribution >= 4 is 5.97 Å². The first-order valence-corrected chi connectivity index (χ1v) is 5.57. The minimum absolute atomic E-state index is 0.131. The zero-order valence-electron chi connectivity index (χ0n) is 9.12. The van der Waals surface area contributed by atoms with Crippen LogP contribution in [0.1, 0.15) is 39.5 Å². The molecule has 0 aromatic carbocycles. The summed E-state index contributed by atoms with van der Waals surface area (Å²) in [6.07, 6.45) is 4.24. The largest absolute Gasteiger partial charge is 0.481 e. The quantitative estimate of drug-likeness (QED) is 0.642. The Morgan fingerprint density at radius 3 is 2.64 bits per heavy atom. The van der Waals surface area contributed by atoms with Crippen LogP contribution in [0.4, 0.5) is 0 Å². The molecule has 0 aromatic heterocycles. The van der Waals surface area contributed by atoms with Gasteiger partial charge in [0.25, 0.3) is 0 Å². The lowest BCUT2D eigenvalue weighted by Crippen LogP contribution is -2.47. The number of hydrogen-bond acceptors (Lipinski definition) is 2. The summed E-state index contributed by atoms with van der Waals surface area (Å²) >= 11 is 0.